The van der Waals surface area contributed by atoms with Gasteiger partial charge in [0.1, 0.15) is 0 Å². The van der Waals surface area contributed by atoms with Crippen LogP contribution in [0.25, 0.3) is 0 Å². The van der Waals surface area contributed by atoms with E-state index in [0.29, 0.717) is 39.1 Å². The summed E-state index contributed by atoms with van der Waals surface area (Å²) in [6, 6.07) is 10.3. The summed E-state index contributed by atoms with van der Waals surface area (Å²) < 4.78 is 5.44. The Hall–Kier alpha value is -2.37. The van der Waals surface area contributed by atoms with E-state index in [2.05, 4.69) is 12.1 Å². The van der Waals surface area contributed by atoms with Crippen molar-refractivity contribution in [3.63, 3.8) is 0 Å². The molecule has 1 atom stereocenters. The number of rotatable bonds is 9. The smallest absolute Gasteiger partial charge is 0.313 e. The Morgan fingerprint density at radius 2 is 1.93 bits per heavy atom. The minimum absolute atomic E-state index is 0.0335. The quantitative estimate of drug-likeness (QED) is 0.582. The number of aryl methyl sites for hydroxylation is 1. The third kappa shape index (κ3) is 5.61. The SMILES string of the molecule is CCOC(=O)C1(CCCc2ccccc2)CCCN(C(=O)CCN2CCCC2=O)C1. The lowest BCUT2D eigenvalue weighted by atomic mass is 9.75. The van der Waals surface area contributed by atoms with Gasteiger partial charge in [-0.05, 0) is 51.0 Å². The minimum atomic E-state index is -0.623. The molecular formula is C24H34N2O4. The fourth-order valence-electron chi connectivity index (χ4n) is 4.71. The molecule has 0 saturated carbocycles. The lowest BCUT2D eigenvalue weighted by molar-refractivity contribution is -0.161. The zero-order chi connectivity index (χ0) is 21.4. The highest BCUT2D eigenvalue weighted by Gasteiger charge is 2.44. The Morgan fingerprint density at radius 3 is 2.63 bits per heavy atom. The highest BCUT2D eigenvalue weighted by Crippen LogP contribution is 2.37. The first kappa shape index (κ1) is 22.3. The van der Waals surface area contributed by atoms with Crippen molar-refractivity contribution in [3.8, 4) is 0 Å². The first-order valence-electron chi connectivity index (χ1n) is 11.3. The Morgan fingerprint density at radius 1 is 1.13 bits per heavy atom. The summed E-state index contributed by atoms with van der Waals surface area (Å²) in [6.45, 7) is 4.51. The molecule has 3 rings (SSSR count). The lowest BCUT2D eigenvalue weighted by Crippen LogP contribution is -2.51. The van der Waals surface area contributed by atoms with E-state index in [1.807, 2.05) is 30.0 Å². The molecule has 30 heavy (non-hydrogen) atoms. The van der Waals surface area contributed by atoms with Gasteiger partial charge in [0, 0.05) is 39.0 Å². The van der Waals surface area contributed by atoms with Crippen LogP contribution in [0.15, 0.2) is 30.3 Å². The van der Waals surface area contributed by atoms with Gasteiger partial charge in [-0.25, -0.2) is 0 Å². The Bertz CT molecular complexity index is 736. The van der Waals surface area contributed by atoms with E-state index in [0.717, 1.165) is 45.1 Å². The van der Waals surface area contributed by atoms with Crippen molar-refractivity contribution in [2.75, 3.05) is 32.8 Å². The van der Waals surface area contributed by atoms with Crippen molar-refractivity contribution in [1.82, 2.24) is 9.80 Å². The van der Waals surface area contributed by atoms with Gasteiger partial charge in [0.05, 0.1) is 12.0 Å². The van der Waals surface area contributed by atoms with Crippen LogP contribution in [0.3, 0.4) is 0 Å². The maximum absolute atomic E-state index is 12.9. The van der Waals surface area contributed by atoms with E-state index >= 15 is 0 Å². The van der Waals surface area contributed by atoms with E-state index in [4.69, 9.17) is 4.74 Å². The van der Waals surface area contributed by atoms with Crippen LogP contribution in [0, 0.1) is 5.41 Å². The highest BCUT2D eigenvalue weighted by atomic mass is 16.5. The minimum Gasteiger partial charge on any atom is -0.466 e. The molecule has 0 aromatic heterocycles. The van der Waals surface area contributed by atoms with Crippen LogP contribution in [0.4, 0.5) is 0 Å². The number of ether oxygens (including phenoxy) is 1. The van der Waals surface area contributed by atoms with E-state index in [1.165, 1.54) is 5.56 Å². The number of hydrogen-bond donors (Lipinski definition) is 0. The lowest BCUT2D eigenvalue weighted by Gasteiger charge is -2.41. The summed E-state index contributed by atoms with van der Waals surface area (Å²) in [7, 11) is 0. The molecule has 2 heterocycles. The second-order valence-corrected chi connectivity index (χ2v) is 8.49. The Labute approximate surface area is 179 Å². The molecule has 0 radical (unpaired) electrons. The molecule has 2 aliphatic rings. The molecular weight excluding hydrogens is 380 g/mol. The van der Waals surface area contributed by atoms with Crippen molar-refractivity contribution in [2.45, 2.75) is 58.3 Å². The number of carbonyl (C=O) groups excluding carboxylic acids is 3. The van der Waals surface area contributed by atoms with Gasteiger partial charge < -0.3 is 14.5 Å². The number of nitrogens with zero attached hydrogens (tertiary/aromatic N) is 2. The average Bonchev–Trinajstić information content (AvgIpc) is 3.18. The summed E-state index contributed by atoms with van der Waals surface area (Å²) in [5.74, 6) is -0.000332. The molecule has 2 aliphatic heterocycles. The van der Waals surface area contributed by atoms with Crippen LogP contribution in [0.1, 0.15) is 57.4 Å². The van der Waals surface area contributed by atoms with E-state index in [9.17, 15) is 14.4 Å². The fraction of sp³-hybridized carbons (Fsp3) is 0.625. The molecule has 0 aliphatic carbocycles. The predicted octanol–water partition coefficient (Wildman–Crippen LogP) is 3.19. The summed E-state index contributed by atoms with van der Waals surface area (Å²) in [4.78, 5) is 41.2. The number of likely N-dealkylation sites (tertiary alicyclic amines) is 2. The standard InChI is InChI=1S/C24H34N2O4/c1-2-30-23(29)24(14-6-11-20-9-4-3-5-10-20)15-8-17-26(19-24)22(28)13-18-25-16-7-12-21(25)27/h3-5,9-10H,2,6-8,11-19H2,1H3. The molecule has 2 fully saturated rings. The van der Waals surface area contributed by atoms with Gasteiger partial charge >= 0.3 is 5.97 Å². The highest BCUT2D eigenvalue weighted by molar-refractivity contribution is 5.82. The maximum Gasteiger partial charge on any atom is 0.313 e. The normalized spacial score (nSPS) is 21.7. The van der Waals surface area contributed by atoms with Gasteiger partial charge in [-0.15, -0.1) is 0 Å². The fourth-order valence-corrected chi connectivity index (χ4v) is 4.71. The van der Waals surface area contributed by atoms with Crippen molar-refractivity contribution in [1.29, 1.82) is 0 Å². The van der Waals surface area contributed by atoms with Crippen LogP contribution in [0.2, 0.25) is 0 Å². The van der Waals surface area contributed by atoms with Gasteiger partial charge in [0.25, 0.3) is 0 Å². The molecule has 0 N–H and O–H groups in total. The molecule has 164 valence electrons. The molecule has 0 bridgehead atoms. The molecule has 0 spiro atoms. The second kappa shape index (κ2) is 10.6. The number of esters is 1. The maximum atomic E-state index is 12.9. The molecule has 1 aromatic rings. The zero-order valence-corrected chi connectivity index (χ0v) is 18.1. The summed E-state index contributed by atoms with van der Waals surface area (Å²) in [5, 5.41) is 0. The number of benzene rings is 1. The van der Waals surface area contributed by atoms with Crippen molar-refractivity contribution >= 4 is 17.8 Å². The van der Waals surface area contributed by atoms with Gasteiger partial charge in [-0.3, -0.25) is 14.4 Å². The molecule has 2 amide bonds. The summed E-state index contributed by atoms with van der Waals surface area (Å²) >= 11 is 0. The van der Waals surface area contributed by atoms with Crippen LogP contribution in [-0.2, 0) is 25.5 Å². The number of hydrogen-bond acceptors (Lipinski definition) is 4. The van der Waals surface area contributed by atoms with Crippen molar-refractivity contribution < 1.29 is 19.1 Å². The van der Waals surface area contributed by atoms with E-state index < -0.39 is 5.41 Å². The first-order chi connectivity index (χ1) is 14.5. The van der Waals surface area contributed by atoms with Crippen molar-refractivity contribution in [2.24, 2.45) is 5.41 Å². The van der Waals surface area contributed by atoms with Crippen molar-refractivity contribution in [3.05, 3.63) is 35.9 Å². The summed E-state index contributed by atoms with van der Waals surface area (Å²) in [6.07, 6.45) is 5.87. The Balaban J connectivity index is 1.60. The van der Waals surface area contributed by atoms with E-state index in [-0.39, 0.29) is 17.8 Å². The van der Waals surface area contributed by atoms with E-state index in [1.54, 1.807) is 4.90 Å². The molecule has 1 unspecified atom stereocenters. The zero-order valence-electron chi connectivity index (χ0n) is 18.1. The van der Waals surface area contributed by atoms with Gasteiger partial charge in [0.15, 0.2) is 0 Å². The molecule has 6 nitrogen and oxygen atoms in total. The first-order valence-corrected chi connectivity index (χ1v) is 11.3. The monoisotopic (exact) mass is 414 g/mol. The van der Waals surface area contributed by atoms with Crippen LogP contribution in [-0.4, -0.2) is 60.4 Å². The predicted molar refractivity (Wildman–Crippen MR) is 115 cm³/mol. The average molecular weight is 415 g/mol. The Kier molecular flexibility index (Phi) is 7.88. The van der Waals surface area contributed by atoms with Crippen LogP contribution >= 0.6 is 0 Å². The molecule has 2 saturated heterocycles. The van der Waals surface area contributed by atoms with Crippen LogP contribution < -0.4 is 0 Å². The third-order valence-corrected chi connectivity index (χ3v) is 6.37. The number of piperidine rings is 1. The van der Waals surface area contributed by atoms with Gasteiger partial charge in [0.2, 0.25) is 11.8 Å². The number of carbonyl (C=O) groups is 3. The second-order valence-electron chi connectivity index (χ2n) is 8.49. The molecule has 1 aromatic carbocycles. The van der Waals surface area contributed by atoms with Gasteiger partial charge in [-0.1, -0.05) is 30.3 Å². The summed E-state index contributed by atoms with van der Waals surface area (Å²) in [5.41, 5.74) is 0.637. The largest absolute Gasteiger partial charge is 0.466 e. The topological polar surface area (TPSA) is 66.9 Å². The van der Waals surface area contributed by atoms with Gasteiger partial charge in [-0.2, -0.15) is 0 Å². The van der Waals surface area contributed by atoms with Crippen LogP contribution in [0.5, 0.6) is 0 Å². The third-order valence-electron chi connectivity index (χ3n) is 6.37. The number of amides is 2. The molecule has 6 heteroatoms.